The van der Waals surface area contributed by atoms with Gasteiger partial charge in [-0.2, -0.15) is 9.82 Å². The lowest BCUT2D eigenvalue weighted by Crippen LogP contribution is -2.51. The number of amides is 2. The SMILES string of the molecule is NN=CN1CCC(CNC(=O)C[C@H](NS(=O)(=O)c2ccc3ccccc3c2)C(=O)N(CCC(=O)O)Cc2ccccc2)CC1. The molecule has 1 aliphatic rings. The summed E-state index contributed by atoms with van der Waals surface area (Å²) in [4.78, 5) is 41.7. The summed E-state index contributed by atoms with van der Waals surface area (Å²) in [7, 11) is -4.25. The van der Waals surface area contributed by atoms with Crippen LogP contribution in [0, 0.1) is 5.92 Å². The van der Waals surface area contributed by atoms with Crippen LogP contribution in [0.4, 0.5) is 0 Å². The number of hydrogen-bond donors (Lipinski definition) is 4. The number of carbonyl (C=O) groups excluding carboxylic acids is 2. The van der Waals surface area contributed by atoms with Crippen LogP contribution >= 0.6 is 0 Å². The predicted octanol–water partition coefficient (Wildman–Crippen LogP) is 2.11. The maximum absolute atomic E-state index is 13.9. The van der Waals surface area contributed by atoms with Crippen molar-refractivity contribution in [2.75, 3.05) is 26.2 Å². The number of nitrogens with two attached hydrogens (primary N) is 1. The second kappa shape index (κ2) is 15.3. The monoisotopic (exact) mass is 622 g/mol. The Morgan fingerprint density at radius 2 is 1.70 bits per heavy atom. The van der Waals surface area contributed by atoms with Crippen molar-refractivity contribution < 1.29 is 27.9 Å². The minimum absolute atomic E-state index is 0.0491. The van der Waals surface area contributed by atoms with Gasteiger partial charge in [-0.1, -0.05) is 60.7 Å². The van der Waals surface area contributed by atoms with Crippen LogP contribution in [0.1, 0.15) is 31.2 Å². The molecule has 0 radical (unpaired) electrons. The average molecular weight is 623 g/mol. The van der Waals surface area contributed by atoms with Crippen LogP contribution in [0.2, 0.25) is 0 Å². The smallest absolute Gasteiger partial charge is 0.305 e. The molecule has 0 aromatic heterocycles. The zero-order valence-corrected chi connectivity index (χ0v) is 25.2. The van der Waals surface area contributed by atoms with Crippen LogP contribution in [0.3, 0.4) is 0 Å². The van der Waals surface area contributed by atoms with Gasteiger partial charge in [-0.25, -0.2) is 8.42 Å². The number of hydrazone groups is 1. The lowest BCUT2D eigenvalue weighted by atomic mass is 9.97. The quantitative estimate of drug-likeness (QED) is 0.0915. The molecule has 1 heterocycles. The second-order valence-corrected chi connectivity index (χ2v) is 12.5. The number of benzene rings is 3. The van der Waals surface area contributed by atoms with E-state index in [1.165, 1.54) is 17.0 Å². The summed E-state index contributed by atoms with van der Waals surface area (Å²) < 4.78 is 29.6. The van der Waals surface area contributed by atoms with E-state index in [0.29, 0.717) is 11.9 Å². The molecule has 234 valence electrons. The van der Waals surface area contributed by atoms with E-state index in [-0.39, 0.29) is 30.3 Å². The Kier molecular flexibility index (Phi) is 11.3. The zero-order chi connectivity index (χ0) is 31.5. The van der Waals surface area contributed by atoms with E-state index in [9.17, 15) is 27.9 Å². The normalized spacial score (nSPS) is 14.9. The first-order valence-electron chi connectivity index (χ1n) is 14.4. The van der Waals surface area contributed by atoms with Crippen molar-refractivity contribution in [2.45, 2.75) is 43.2 Å². The van der Waals surface area contributed by atoms with Gasteiger partial charge in [0.1, 0.15) is 12.4 Å². The number of likely N-dealkylation sites (tertiary alicyclic amines) is 1. The maximum atomic E-state index is 13.9. The van der Waals surface area contributed by atoms with Gasteiger partial charge in [-0.3, -0.25) is 14.4 Å². The van der Waals surface area contributed by atoms with Gasteiger partial charge in [-0.15, -0.1) is 0 Å². The first-order valence-corrected chi connectivity index (χ1v) is 15.9. The van der Waals surface area contributed by atoms with Crippen molar-refractivity contribution in [3.63, 3.8) is 0 Å². The minimum Gasteiger partial charge on any atom is -0.481 e. The summed E-state index contributed by atoms with van der Waals surface area (Å²) in [6.07, 6.45) is 2.40. The molecule has 0 bridgehead atoms. The third kappa shape index (κ3) is 9.25. The van der Waals surface area contributed by atoms with Crippen molar-refractivity contribution >= 4 is 44.9 Å². The summed E-state index contributed by atoms with van der Waals surface area (Å²) in [6, 6.07) is 19.4. The van der Waals surface area contributed by atoms with E-state index in [1.54, 1.807) is 48.8 Å². The number of sulfonamides is 1. The van der Waals surface area contributed by atoms with Crippen LogP contribution in [-0.2, 0) is 31.0 Å². The van der Waals surface area contributed by atoms with Crippen molar-refractivity contribution in [2.24, 2.45) is 16.9 Å². The fraction of sp³-hybridized carbons (Fsp3) is 0.355. The Morgan fingerprint density at radius 3 is 2.39 bits per heavy atom. The third-order valence-corrected chi connectivity index (χ3v) is 9.08. The van der Waals surface area contributed by atoms with E-state index in [1.807, 2.05) is 23.1 Å². The molecule has 5 N–H and O–H groups in total. The van der Waals surface area contributed by atoms with Gasteiger partial charge in [0.05, 0.1) is 17.7 Å². The predicted molar refractivity (Wildman–Crippen MR) is 167 cm³/mol. The third-order valence-electron chi connectivity index (χ3n) is 7.61. The number of nitrogens with one attached hydrogen (secondary N) is 2. The Hall–Kier alpha value is -4.49. The van der Waals surface area contributed by atoms with E-state index < -0.39 is 40.3 Å². The highest BCUT2D eigenvalue weighted by molar-refractivity contribution is 7.89. The lowest BCUT2D eigenvalue weighted by Gasteiger charge is -2.30. The molecule has 0 unspecified atom stereocenters. The first-order chi connectivity index (χ1) is 21.1. The molecule has 1 aliphatic heterocycles. The second-order valence-electron chi connectivity index (χ2n) is 10.8. The number of carboxylic acid groups (broad SMARTS) is 1. The Morgan fingerprint density at radius 1 is 1.02 bits per heavy atom. The highest BCUT2D eigenvalue weighted by atomic mass is 32.2. The molecule has 12 nitrogen and oxygen atoms in total. The van der Waals surface area contributed by atoms with Gasteiger partial charge < -0.3 is 26.1 Å². The number of carbonyl (C=O) groups is 3. The van der Waals surface area contributed by atoms with Gasteiger partial charge >= 0.3 is 5.97 Å². The van der Waals surface area contributed by atoms with Gasteiger partial charge in [-0.05, 0) is 47.2 Å². The zero-order valence-electron chi connectivity index (χ0n) is 24.3. The van der Waals surface area contributed by atoms with Gasteiger partial charge in [0, 0.05) is 32.7 Å². The van der Waals surface area contributed by atoms with Gasteiger partial charge in [0.25, 0.3) is 0 Å². The molecule has 1 saturated heterocycles. The summed E-state index contributed by atoms with van der Waals surface area (Å²) in [6.45, 7) is 1.74. The van der Waals surface area contributed by atoms with E-state index in [0.717, 1.165) is 36.9 Å². The molecule has 13 heteroatoms. The fourth-order valence-corrected chi connectivity index (χ4v) is 6.40. The molecule has 3 aromatic rings. The van der Waals surface area contributed by atoms with Crippen LogP contribution in [-0.4, -0.2) is 79.7 Å². The fourth-order valence-electron chi connectivity index (χ4n) is 5.17. The van der Waals surface area contributed by atoms with E-state index in [2.05, 4.69) is 15.1 Å². The molecular weight excluding hydrogens is 584 g/mol. The Balaban J connectivity index is 1.54. The number of hydrogen-bond acceptors (Lipinski definition) is 7. The van der Waals surface area contributed by atoms with Crippen molar-refractivity contribution in [3.05, 3.63) is 78.4 Å². The molecule has 0 aliphatic carbocycles. The van der Waals surface area contributed by atoms with Crippen molar-refractivity contribution in [1.29, 1.82) is 0 Å². The topological polar surface area (TPSA) is 174 Å². The molecule has 44 heavy (non-hydrogen) atoms. The molecule has 3 aromatic carbocycles. The minimum atomic E-state index is -4.25. The maximum Gasteiger partial charge on any atom is 0.305 e. The standard InChI is InChI=1S/C31H38N6O6S/c32-34-22-36-15-12-23(13-16-36)20-33-29(38)19-28(31(41)37(17-14-30(39)40)21-24-6-2-1-3-7-24)35-44(42,43)27-11-10-25-8-4-5-9-26(25)18-27/h1-11,18,22-23,28,35H,12-17,19-21,32H2,(H,33,38)(H,39,40)/t28-/m0/s1. The van der Waals surface area contributed by atoms with E-state index in [4.69, 9.17) is 5.84 Å². The Bertz CT molecular complexity index is 1570. The molecular formula is C31H38N6O6S. The lowest BCUT2D eigenvalue weighted by molar-refractivity contribution is -0.140. The number of nitrogens with zero attached hydrogens (tertiary/aromatic N) is 3. The van der Waals surface area contributed by atoms with Crippen LogP contribution in [0.5, 0.6) is 0 Å². The summed E-state index contributed by atoms with van der Waals surface area (Å²) in [5, 5.41) is 17.3. The highest BCUT2D eigenvalue weighted by Gasteiger charge is 2.32. The average Bonchev–Trinajstić information content (AvgIpc) is 3.02. The van der Waals surface area contributed by atoms with Crippen molar-refractivity contribution in [3.8, 4) is 0 Å². The number of rotatable bonds is 14. The largest absolute Gasteiger partial charge is 0.481 e. The van der Waals surface area contributed by atoms with Crippen molar-refractivity contribution in [1.82, 2.24) is 19.8 Å². The number of fused-ring (bicyclic) bond motifs is 1. The highest BCUT2D eigenvalue weighted by Crippen LogP contribution is 2.20. The van der Waals surface area contributed by atoms with E-state index >= 15 is 0 Å². The van der Waals surface area contributed by atoms with Crippen LogP contribution in [0.25, 0.3) is 10.8 Å². The van der Waals surface area contributed by atoms with Crippen LogP contribution < -0.4 is 15.9 Å². The molecule has 1 fully saturated rings. The number of aliphatic carboxylic acids is 1. The number of carboxylic acids is 1. The Labute approximate surface area is 257 Å². The number of piperidine rings is 1. The molecule has 0 saturated carbocycles. The molecule has 1 atom stereocenters. The summed E-state index contributed by atoms with van der Waals surface area (Å²) >= 11 is 0. The summed E-state index contributed by atoms with van der Waals surface area (Å²) in [5.74, 6) is 3.14. The molecule has 2 amide bonds. The van der Waals surface area contributed by atoms with Gasteiger partial charge in [0.2, 0.25) is 21.8 Å². The molecule has 0 spiro atoms. The molecule has 4 rings (SSSR count). The first kappa shape index (κ1) is 32.4. The van der Waals surface area contributed by atoms with Gasteiger partial charge in [0.15, 0.2) is 0 Å². The summed E-state index contributed by atoms with van der Waals surface area (Å²) in [5.41, 5.74) is 0.734. The van der Waals surface area contributed by atoms with Crippen LogP contribution in [0.15, 0.2) is 82.8 Å².